The zero-order valence-corrected chi connectivity index (χ0v) is 8.98. The third-order valence-electron chi connectivity index (χ3n) is 2.64. The van der Waals surface area contributed by atoms with Gasteiger partial charge in [-0.05, 0) is 34.2 Å². The van der Waals surface area contributed by atoms with E-state index in [9.17, 15) is 13.2 Å². The van der Waals surface area contributed by atoms with Crippen LogP contribution in [0.15, 0.2) is 18.2 Å². The third kappa shape index (κ3) is 1.69. The zero-order valence-electron chi connectivity index (χ0n) is 8.98. The van der Waals surface area contributed by atoms with E-state index >= 15 is 0 Å². The van der Waals surface area contributed by atoms with Gasteiger partial charge < -0.3 is 4.74 Å². The number of aromatic nitrogens is 4. The van der Waals surface area contributed by atoms with Gasteiger partial charge in [-0.2, -0.15) is 17.9 Å². The molecule has 0 unspecified atom stereocenters. The third-order valence-corrected chi connectivity index (χ3v) is 2.64. The molecule has 0 aliphatic carbocycles. The maximum absolute atomic E-state index is 12.7. The maximum atomic E-state index is 12.7. The minimum Gasteiger partial charge on any atom is -0.493 e. The standard InChI is InChI=1S/C10H7F3N4O/c11-10(12,13)9-14-15-16-17(9)7-1-2-8-6(5-7)3-4-18-8/h1-2,5H,3-4H2. The lowest BCUT2D eigenvalue weighted by atomic mass is 10.1. The van der Waals surface area contributed by atoms with Crippen LogP contribution in [0, 0.1) is 0 Å². The Morgan fingerprint density at radius 1 is 1.28 bits per heavy atom. The Balaban J connectivity index is 2.08. The largest absolute Gasteiger partial charge is 0.493 e. The minimum absolute atomic E-state index is 0.275. The Morgan fingerprint density at radius 3 is 2.89 bits per heavy atom. The lowest BCUT2D eigenvalue weighted by molar-refractivity contribution is -0.146. The van der Waals surface area contributed by atoms with Crippen molar-refractivity contribution in [1.82, 2.24) is 20.2 Å². The molecule has 0 bridgehead atoms. The summed E-state index contributed by atoms with van der Waals surface area (Å²) in [6.07, 6.45) is -3.91. The van der Waals surface area contributed by atoms with E-state index in [1.807, 2.05) is 0 Å². The number of fused-ring (bicyclic) bond motifs is 1. The lowest BCUT2D eigenvalue weighted by Crippen LogP contribution is -2.14. The van der Waals surface area contributed by atoms with Crippen LogP contribution < -0.4 is 4.74 Å². The zero-order chi connectivity index (χ0) is 12.8. The Kier molecular flexibility index (Phi) is 2.25. The van der Waals surface area contributed by atoms with Gasteiger partial charge in [0.15, 0.2) is 0 Å². The summed E-state index contributed by atoms with van der Waals surface area (Å²) < 4.78 is 43.9. The second-order valence-corrected chi connectivity index (χ2v) is 3.80. The van der Waals surface area contributed by atoms with Gasteiger partial charge in [0.2, 0.25) is 0 Å². The number of halogens is 3. The van der Waals surface area contributed by atoms with Crippen molar-refractivity contribution in [3.63, 3.8) is 0 Å². The van der Waals surface area contributed by atoms with Crippen LogP contribution in [0.1, 0.15) is 11.4 Å². The molecule has 1 aromatic carbocycles. The fraction of sp³-hybridized carbons (Fsp3) is 0.300. The number of nitrogens with zero attached hydrogens (tertiary/aromatic N) is 4. The average Bonchev–Trinajstić information content (AvgIpc) is 2.96. The van der Waals surface area contributed by atoms with E-state index < -0.39 is 12.0 Å². The highest BCUT2D eigenvalue weighted by molar-refractivity contribution is 5.45. The van der Waals surface area contributed by atoms with Crippen LogP contribution in [0.3, 0.4) is 0 Å². The Morgan fingerprint density at radius 2 is 2.11 bits per heavy atom. The van der Waals surface area contributed by atoms with Gasteiger partial charge in [0, 0.05) is 6.42 Å². The molecule has 0 radical (unpaired) electrons. The van der Waals surface area contributed by atoms with Gasteiger partial charge in [-0.1, -0.05) is 0 Å². The summed E-state index contributed by atoms with van der Waals surface area (Å²) in [5.74, 6) is -0.443. The maximum Gasteiger partial charge on any atom is 0.453 e. The Hall–Kier alpha value is -2.12. The fourth-order valence-electron chi connectivity index (χ4n) is 1.84. The smallest absolute Gasteiger partial charge is 0.453 e. The van der Waals surface area contributed by atoms with Crippen molar-refractivity contribution < 1.29 is 17.9 Å². The molecule has 0 N–H and O–H groups in total. The Bertz CT molecular complexity index is 593. The summed E-state index contributed by atoms with van der Waals surface area (Å²) in [7, 11) is 0. The summed E-state index contributed by atoms with van der Waals surface area (Å²) in [5.41, 5.74) is 1.13. The number of hydrogen-bond donors (Lipinski definition) is 0. The fourth-order valence-corrected chi connectivity index (χ4v) is 1.84. The van der Waals surface area contributed by atoms with Crippen LogP contribution >= 0.6 is 0 Å². The number of ether oxygens (including phenoxy) is 1. The van der Waals surface area contributed by atoms with Gasteiger partial charge in [0.25, 0.3) is 5.82 Å². The molecule has 2 aromatic rings. The van der Waals surface area contributed by atoms with E-state index in [0.717, 1.165) is 5.56 Å². The molecule has 8 heteroatoms. The van der Waals surface area contributed by atoms with Crippen molar-refractivity contribution in [1.29, 1.82) is 0 Å². The normalized spacial score (nSPS) is 14.4. The molecule has 1 aliphatic rings. The first-order chi connectivity index (χ1) is 8.55. The molecule has 1 aromatic heterocycles. The summed E-state index contributed by atoms with van der Waals surface area (Å²) in [6, 6.07) is 4.73. The van der Waals surface area contributed by atoms with Crippen molar-refractivity contribution in [2.24, 2.45) is 0 Å². The van der Waals surface area contributed by atoms with Gasteiger partial charge in [-0.15, -0.1) is 5.10 Å². The highest BCUT2D eigenvalue weighted by Crippen LogP contribution is 2.31. The van der Waals surface area contributed by atoms with E-state index in [4.69, 9.17) is 4.74 Å². The number of tetrazole rings is 1. The average molecular weight is 256 g/mol. The molecular weight excluding hydrogens is 249 g/mol. The number of benzene rings is 1. The summed E-state index contributed by atoms with van der Waals surface area (Å²) in [5, 5.41) is 9.45. The molecular formula is C10H7F3N4O. The van der Waals surface area contributed by atoms with E-state index in [1.54, 1.807) is 12.1 Å². The van der Waals surface area contributed by atoms with Gasteiger partial charge in [-0.3, -0.25) is 0 Å². The van der Waals surface area contributed by atoms with Crippen molar-refractivity contribution in [2.45, 2.75) is 12.6 Å². The lowest BCUT2D eigenvalue weighted by Gasteiger charge is -2.08. The van der Waals surface area contributed by atoms with Crippen molar-refractivity contribution in [2.75, 3.05) is 6.61 Å². The molecule has 1 aliphatic heterocycles. The van der Waals surface area contributed by atoms with E-state index in [1.165, 1.54) is 6.07 Å². The predicted octanol–water partition coefficient (Wildman–Crippen LogP) is 1.62. The second-order valence-electron chi connectivity index (χ2n) is 3.80. The molecule has 0 saturated carbocycles. The first-order valence-corrected chi connectivity index (χ1v) is 5.17. The van der Waals surface area contributed by atoms with E-state index in [0.29, 0.717) is 23.5 Å². The second kappa shape index (κ2) is 3.69. The summed E-state index contributed by atoms with van der Waals surface area (Å²) in [4.78, 5) is 0. The molecule has 94 valence electrons. The van der Waals surface area contributed by atoms with Crippen LogP contribution in [-0.2, 0) is 12.6 Å². The molecule has 0 saturated heterocycles. The minimum atomic E-state index is -4.58. The highest BCUT2D eigenvalue weighted by Gasteiger charge is 2.38. The van der Waals surface area contributed by atoms with Gasteiger partial charge >= 0.3 is 6.18 Å². The highest BCUT2D eigenvalue weighted by atomic mass is 19.4. The van der Waals surface area contributed by atoms with Crippen molar-refractivity contribution >= 4 is 0 Å². The van der Waals surface area contributed by atoms with Gasteiger partial charge in [0.05, 0.1) is 12.3 Å². The predicted molar refractivity (Wildman–Crippen MR) is 53.4 cm³/mol. The van der Waals surface area contributed by atoms with Crippen molar-refractivity contribution in [3.8, 4) is 11.4 Å². The molecule has 18 heavy (non-hydrogen) atoms. The summed E-state index contributed by atoms with van der Waals surface area (Å²) >= 11 is 0. The monoisotopic (exact) mass is 256 g/mol. The van der Waals surface area contributed by atoms with E-state index in [2.05, 4.69) is 15.5 Å². The van der Waals surface area contributed by atoms with Crippen LogP contribution in [0.25, 0.3) is 5.69 Å². The van der Waals surface area contributed by atoms with Crippen LogP contribution in [0.2, 0.25) is 0 Å². The number of rotatable bonds is 1. The molecule has 5 nitrogen and oxygen atoms in total. The summed E-state index contributed by atoms with van der Waals surface area (Å²) in [6.45, 7) is 0.542. The first-order valence-electron chi connectivity index (χ1n) is 5.17. The topological polar surface area (TPSA) is 52.8 Å². The molecule has 2 heterocycles. The Labute approximate surface area is 99.2 Å². The quantitative estimate of drug-likeness (QED) is 0.778. The molecule has 0 atom stereocenters. The number of alkyl halides is 3. The SMILES string of the molecule is FC(F)(F)c1nnnn1-c1ccc2c(c1)CCO2. The van der Waals surface area contributed by atoms with Gasteiger partial charge in [0.1, 0.15) is 5.75 Å². The molecule has 0 spiro atoms. The van der Waals surface area contributed by atoms with Gasteiger partial charge in [-0.25, -0.2) is 0 Å². The molecule has 0 fully saturated rings. The molecule has 0 amide bonds. The number of hydrogen-bond acceptors (Lipinski definition) is 4. The van der Waals surface area contributed by atoms with E-state index in [-0.39, 0.29) is 5.69 Å². The van der Waals surface area contributed by atoms with Crippen LogP contribution in [0.4, 0.5) is 13.2 Å². The van der Waals surface area contributed by atoms with Crippen molar-refractivity contribution in [3.05, 3.63) is 29.6 Å². The van der Waals surface area contributed by atoms with Crippen LogP contribution in [-0.4, -0.2) is 26.8 Å². The molecule has 3 rings (SSSR count). The first kappa shape index (κ1) is 11.0. The van der Waals surface area contributed by atoms with Crippen LogP contribution in [0.5, 0.6) is 5.75 Å².